The lowest BCUT2D eigenvalue weighted by Crippen LogP contribution is -2.51. The summed E-state index contributed by atoms with van der Waals surface area (Å²) in [4.78, 5) is 42.1. The van der Waals surface area contributed by atoms with Crippen molar-refractivity contribution in [3.05, 3.63) is 71.4 Å². The number of benzene rings is 2. The first-order valence-corrected chi connectivity index (χ1v) is 11.4. The second-order valence-corrected chi connectivity index (χ2v) is 9.09. The van der Waals surface area contributed by atoms with E-state index in [9.17, 15) is 14.4 Å². The predicted octanol–water partition coefficient (Wildman–Crippen LogP) is 2.84. The Bertz CT molecular complexity index is 1260. The smallest absolute Gasteiger partial charge is 0.255 e. The molecule has 2 aliphatic rings. The molecule has 7 heteroatoms. The van der Waals surface area contributed by atoms with Gasteiger partial charge in [0.2, 0.25) is 11.8 Å². The van der Waals surface area contributed by atoms with E-state index in [1.807, 2.05) is 50.4 Å². The molecule has 33 heavy (non-hydrogen) atoms. The number of aromatic nitrogens is 1. The molecule has 2 aromatic carbocycles. The molecule has 0 bridgehead atoms. The Kier molecular flexibility index (Phi) is 5.19. The molecule has 3 aromatic rings. The van der Waals surface area contributed by atoms with Gasteiger partial charge in [-0.25, -0.2) is 0 Å². The van der Waals surface area contributed by atoms with Crippen molar-refractivity contribution < 1.29 is 14.4 Å². The Hall–Kier alpha value is -3.61. The maximum Gasteiger partial charge on any atom is 0.255 e. The largest absolute Gasteiger partial charge is 0.369 e. The van der Waals surface area contributed by atoms with E-state index in [2.05, 4.69) is 22.9 Å². The van der Waals surface area contributed by atoms with E-state index in [1.165, 1.54) is 0 Å². The van der Waals surface area contributed by atoms with Crippen LogP contribution in [0.1, 0.15) is 47.3 Å². The number of primary amides is 1. The molecule has 2 unspecified atom stereocenters. The number of amides is 3. The molecule has 170 valence electrons. The number of rotatable bonds is 4. The fourth-order valence-corrected chi connectivity index (χ4v) is 5.41. The van der Waals surface area contributed by atoms with Gasteiger partial charge in [-0.1, -0.05) is 36.4 Å². The number of carbonyl (C=O) groups is 3. The van der Waals surface area contributed by atoms with Crippen LogP contribution in [0.15, 0.2) is 54.7 Å². The van der Waals surface area contributed by atoms with Crippen molar-refractivity contribution in [2.45, 2.75) is 31.8 Å². The van der Waals surface area contributed by atoms with Crippen LogP contribution in [0.3, 0.4) is 0 Å². The van der Waals surface area contributed by atoms with Crippen LogP contribution in [0.4, 0.5) is 0 Å². The van der Waals surface area contributed by atoms with E-state index in [4.69, 9.17) is 5.73 Å². The summed E-state index contributed by atoms with van der Waals surface area (Å²) in [5.74, 6) is -0.720. The van der Waals surface area contributed by atoms with Gasteiger partial charge in [0, 0.05) is 54.3 Å². The average Bonchev–Trinajstić information content (AvgIpc) is 3.32. The first-order valence-electron chi connectivity index (χ1n) is 11.4. The molecule has 2 atom stereocenters. The van der Waals surface area contributed by atoms with Crippen LogP contribution in [0.5, 0.6) is 0 Å². The minimum absolute atomic E-state index is 0.0932. The highest BCUT2D eigenvalue weighted by molar-refractivity contribution is 6.03. The van der Waals surface area contributed by atoms with E-state index in [1.54, 1.807) is 9.80 Å². The third kappa shape index (κ3) is 3.39. The predicted molar refractivity (Wildman–Crippen MR) is 125 cm³/mol. The molecular formula is C26H28N4O3. The number of nitrogens with zero attached hydrogens (tertiary/aromatic N) is 3. The number of para-hydroxylation sites is 1. The standard InChI is InChI=1S/C26H28N4O3/c1-16(25(32)29-13-11-17(12-14-29)24(27)31)30-23(19-8-3-4-9-20(19)26(30)33)21-15-28(2)22-10-6-5-7-18(21)22/h3-10,15-17,23H,11-14H2,1-2H3,(H2,27,31). The summed E-state index contributed by atoms with van der Waals surface area (Å²) in [5.41, 5.74) is 9.10. The molecule has 1 fully saturated rings. The second kappa shape index (κ2) is 8.06. The maximum absolute atomic E-state index is 13.6. The van der Waals surface area contributed by atoms with Crippen LogP contribution in [0, 0.1) is 5.92 Å². The maximum atomic E-state index is 13.6. The minimum Gasteiger partial charge on any atom is -0.369 e. The number of piperidine rings is 1. The number of nitrogens with two attached hydrogens (primary N) is 1. The van der Waals surface area contributed by atoms with Crippen molar-refractivity contribution in [1.82, 2.24) is 14.4 Å². The zero-order valence-electron chi connectivity index (χ0n) is 18.9. The van der Waals surface area contributed by atoms with Gasteiger partial charge in [-0.05, 0) is 37.5 Å². The van der Waals surface area contributed by atoms with Gasteiger partial charge in [-0.3, -0.25) is 14.4 Å². The van der Waals surface area contributed by atoms with Crippen LogP contribution in [-0.2, 0) is 16.6 Å². The lowest BCUT2D eigenvalue weighted by Gasteiger charge is -2.37. The fraction of sp³-hybridized carbons (Fsp3) is 0.346. The molecule has 1 saturated heterocycles. The van der Waals surface area contributed by atoms with E-state index in [0.717, 1.165) is 22.0 Å². The Morgan fingerprint density at radius 3 is 2.39 bits per heavy atom. The van der Waals surface area contributed by atoms with E-state index < -0.39 is 6.04 Å². The van der Waals surface area contributed by atoms with Crippen molar-refractivity contribution in [3.8, 4) is 0 Å². The van der Waals surface area contributed by atoms with Gasteiger partial charge >= 0.3 is 0 Å². The van der Waals surface area contributed by atoms with Crippen LogP contribution in [-0.4, -0.2) is 51.2 Å². The van der Waals surface area contributed by atoms with Crippen molar-refractivity contribution in [1.29, 1.82) is 0 Å². The molecule has 2 aliphatic heterocycles. The monoisotopic (exact) mass is 444 g/mol. The number of aryl methyl sites for hydroxylation is 1. The van der Waals surface area contributed by atoms with Gasteiger partial charge in [-0.2, -0.15) is 0 Å². The number of hydrogen-bond donors (Lipinski definition) is 1. The molecule has 7 nitrogen and oxygen atoms in total. The van der Waals surface area contributed by atoms with Gasteiger partial charge in [0.05, 0.1) is 6.04 Å². The first-order chi connectivity index (χ1) is 15.9. The van der Waals surface area contributed by atoms with E-state index in [0.29, 0.717) is 31.5 Å². The first kappa shape index (κ1) is 21.2. The lowest BCUT2D eigenvalue weighted by atomic mass is 9.95. The zero-order chi connectivity index (χ0) is 23.3. The summed E-state index contributed by atoms with van der Waals surface area (Å²) >= 11 is 0. The molecule has 0 spiro atoms. The number of hydrogen-bond acceptors (Lipinski definition) is 3. The fourth-order valence-electron chi connectivity index (χ4n) is 5.41. The highest BCUT2D eigenvalue weighted by Crippen LogP contribution is 2.43. The van der Waals surface area contributed by atoms with Crippen LogP contribution < -0.4 is 5.73 Å². The average molecular weight is 445 g/mol. The van der Waals surface area contributed by atoms with Gasteiger partial charge in [0.25, 0.3) is 5.91 Å². The topological polar surface area (TPSA) is 88.6 Å². The van der Waals surface area contributed by atoms with Crippen molar-refractivity contribution in [2.75, 3.05) is 13.1 Å². The summed E-state index contributed by atoms with van der Waals surface area (Å²) < 4.78 is 2.06. The van der Waals surface area contributed by atoms with Gasteiger partial charge in [0.1, 0.15) is 6.04 Å². The van der Waals surface area contributed by atoms with Gasteiger partial charge < -0.3 is 20.1 Å². The van der Waals surface area contributed by atoms with Crippen LogP contribution in [0.25, 0.3) is 10.9 Å². The molecule has 3 amide bonds. The molecule has 0 aliphatic carbocycles. The van der Waals surface area contributed by atoms with Gasteiger partial charge in [-0.15, -0.1) is 0 Å². The number of fused-ring (bicyclic) bond motifs is 2. The zero-order valence-corrected chi connectivity index (χ0v) is 18.9. The van der Waals surface area contributed by atoms with Crippen molar-refractivity contribution >= 4 is 28.6 Å². The molecule has 3 heterocycles. The van der Waals surface area contributed by atoms with Crippen molar-refractivity contribution in [3.63, 3.8) is 0 Å². The Morgan fingerprint density at radius 2 is 1.67 bits per heavy atom. The highest BCUT2D eigenvalue weighted by atomic mass is 16.2. The quantitative estimate of drug-likeness (QED) is 0.671. The molecular weight excluding hydrogens is 416 g/mol. The normalized spacial score (nSPS) is 19.7. The molecule has 5 rings (SSSR count). The second-order valence-electron chi connectivity index (χ2n) is 9.09. The number of likely N-dealkylation sites (tertiary alicyclic amines) is 1. The Labute approximate surface area is 192 Å². The third-order valence-corrected chi connectivity index (χ3v) is 7.20. The molecule has 2 N–H and O–H groups in total. The van der Waals surface area contributed by atoms with Crippen LogP contribution >= 0.6 is 0 Å². The number of carbonyl (C=O) groups excluding carboxylic acids is 3. The Morgan fingerprint density at radius 1 is 1.00 bits per heavy atom. The van der Waals surface area contributed by atoms with E-state index >= 15 is 0 Å². The lowest BCUT2D eigenvalue weighted by molar-refractivity contribution is -0.139. The minimum atomic E-state index is -0.640. The summed E-state index contributed by atoms with van der Waals surface area (Å²) in [6, 6.07) is 14.8. The van der Waals surface area contributed by atoms with Gasteiger partial charge in [0.15, 0.2) is 0 Å². The summed E-state index contributed by atoms with van der Waals surface area (Å²) in [6.45, 7) is 2.76. The molecule has 0 radical (unpaired) electrons. The van der Waals surface area contributed by atoms with Crippen LogP contribution in [0.2, 0.25) is 0 Å². The SMILES string of the molecule is CC(C(=O)N1CCC(C(N)=O)CC1)N1C(=O)c2ccccc2C1c1cn(C)c2ccccc12. The summed E-state index contributed by atoms with van der Waals surface area (Å²) in [7, 11) is 2.00. The highest BCUT2D eigenvalue weighted by Gasteiger charge is 2.44. The van der Waals surface area contributed by atoms with E-state index in [-0.39, 0.29) is 29.7 Å². The third-order valence-electron chi connectivity index (χ3n) is 7.20. The molecule has 1 aromatic heterocycles. The molecule has 0 saturated carbocycles. The Balaban J connectivity index is 1.52. The summed E-state index contributed by atoms with van der Waals surface area (Å²) in [6.07, 6.45) is 3.19. The van der Waals surface area contributed by atoms with Crippen molar-refractivity contribution in [2.24, 2.45) is 18.7 Å². The summed E-state index contributed by atoms with van der Waals surface area (Å²) in [5, 5.41) is 1.07.